The maximum Gasteiger partial charge on any atom is 0.0348 e. The van der Waals surface area contributed by atoms with Gasteiger partial charge in [0.2, 0.25) is 0 Å². The zero-order valence-corrected chi connectivity index (χ0v) is 15.9. The molecule has 0 aromatic heterocycles. The molecule has 26 heavy (non-hydrogen) atoms. The van der Waals surface area contributed by atoms with Gasteiger partial charge in [-0.2, -0.15) is 0 Å². The van der Waals surface area contributed by atoms with E-state index in [1.807, 2.05) is 0 Å². The summed E-state index contributed by atoms with van der Waals surface area (Å²) in [6.07, 6.45) is 8.06. The van der Waals surface area contributed by atoms with Crippen molar-refractivity contribution in [2.45, 2.75) is 50.6 Å². The van der Waals surface area contributed by atoms with Gasteiger partial charge in [-0.15, -0.1) is 0 Å². The van der Waals surface area contributed by atoms with E-state index in [1.165, 1.54) is 75.8 Å². The molecule has 0 bridgehead atoms. The molecule has 2 nitrogen and oxygen atoms in total. The molecule has 0 amide bonds. The molecule has 0 radical (unpaired) electrons. The van der Waals surface area contributed by atoms with Crippen molar-refractivity contribution in [3.8, 4) is 0 Å². The highest BCUT2D eigenvalue weighted by molar-refractivity contribution is 5.20. The normalized spacial score (nSPS) is 25.2. The molecule has 2 aliphatic heterocycles. The van der Waals surface area contributed by atoms with Gasteiger partial charge in [0.15, 0.2) is 0 Å². The number of benzene rings is 2. The van der Waals surface area contributed by atoms with Gasteiger partial charge in [-0.25, -0.2) is 0 Å². The number of nitrogens with zero attached hydrogens (tertiary/aromatic N) is 2. The van der Waals surface area contributed by atoms with Crippen molar-refractivity contribution in [3.05, 3.63) is 71.8 Å². The summed E-state index contributed by atoms with van der Waals surface area (Å²) in [6, 6.07) is 23.5. The molecule has 2 saturated heterocycles. The molecular weight excluding hydrogens is 316 g/mol. The van der Waals surface area contributed by atoms with Gasteiger partial charge in [0.1, 0.15) is 0 Å². The number of rotatable bonds is 5. The molecular formula is C24H32N2. The molecule has 0 saturated carbocycles. The van der Waals surface area contributed by atoms with E-state index < -0.39 is 0 Å². The van der Waals surface area contributed by atoms with Crippen LogP contribution in [-0.2, 0) is 0 Å². The van der Waals surface area contributed by atoms with E-state index in [0.717, 1.165) is 0 Å². The lowest BCUT2D eigenvalue weighted by molar-refractivity contribution is 0.0922. The largest absolute Gasteiger partial charge is 0.295 e. The maximum absolute atomic E-state index is 2.75. The molecule has 2 aromatic rings. The van der Waals surface area contributed by atoms with Crippen molar-refractivity contribution in [3.63, 3.8) is 0 Å². The van der Waals surface area contributed by atoms with Crippen LogP contribution in [-0.4, -0.2) is 36.0 Å². The van der Waals surface area contributed by atoms with Gasteiger partial charge in [-0.05, 0) is 49.9 Å². The minimum atomic E-state index is 0.616. The minimum absolute atomic E-state index is 0.616. The third kappa shape index (κ3) is 4.19. The average molecular weight is 349 g/mol. The lowest BCUT2D eigenvalue weighted by Gasteiger charge is -2.40. The van der Waals surface area contributed by atoms with Gasteiger partial charge in [0.05, 0.1) is 0 Å². The van der Waals surface area contributed by atoms with E-state index in [9.17, 15) is 0 Å². The number of hydrogen-bond acceptors (Lipinski definition) is 2. The summed E-state index contributed by atoms with van der Waals surface area (Å²) < 4.78 is 0. The molecule has 2 heterocycles. The first-order chi connectivity index (χ1) is 12.9. The summed E-state index contributed by atoms with van der Waals surface area (Å²) >= 11 is 0. The fourth-order valence-electron chi connectivity index (χ4n) is 4.88. The first-order valence-electron chi connectivity index (χ1n) is 10.5. The molecule has 4 rings (SSSR count). The summed E-state index contributed by atoms with van der Waals surface area (Å²) in [5.74, 6) is 0. The van der Waals surface area contributed by atoms with E-state index >= 15 is 0 Å². The lowest BCUT2D eigenvalue weighted by atomic mass is 9.94. The van der Waals surface area contributed by atoms with Crippen LogP contribution in [0, 0.1) is 0 Å². The van der Waals surface area contributed by atoms with Gasteiger partial charge in [-0.3, -0.25) is 9.80 Å². The van der Waals surface area contributed by atoms with Crippen molar-refractivity contribution in [2.24, 2.45) is 0 Å². The molecule has 2 aromatic carbocycles. The lowest BCUT2D eigenvalue weighted by Crippen LogP contribution is -2.42. The highest BCUT2D eigenvalue weighted by Crippen LogP contribution is 2.33. The smallest absolute Gasteiger partial charge is 0.0348 e. The third-order valence-corrected chi connectivity index (χ3v) is 6.27. The van der Waals surface area contributed by atoms with Crippen LogP contribution in [0.3, 0.4) is 0 Å². The van der Waals surface area contributed by atoms with Crippen LogP contribution in [0.2, 0.25) is 0 Å². The summed E-state index contributed by atoms with van der Waals surface area (Å²) in [6.45, 7) is 4.90. The van der Waals surface area contributed by atoms with Crippen LogP contribution in [0.15, 0.2) is 60.7 Å². The Labute approximate surface area is 158 Å². The molecule has 0 N–H and O–H groups in total. The Hall–Kier alpha value is -1.64. The first-order valence-corrected chi connectivity index (χ1v) is 10.5. The van der Waals surface area contributed by atoms with E-state index in [-0.39, 0.29) is 0 Å². The standard InChI is InChI=1S/C24H32N2/c1-3-11-21(12-4-1)23-15-7-9-17-25(23)19-20-26-18-10-8-16-24(26)22-13-5-2-6-14-22/h1-6,11-14,23-24H,7-10,15-20H2. The SMILES string of the molecule is c1ccc(C2CCCCN2CCN2CCCCC2c2ccccc2)cc1. The van der Waals surface area contributed by atoms with Crippen molar-refractivity contribution >= 4 is 0 Å². The first kappa shape index (κ1) is 17.8. The Kier molecular flexibility index (Phi) is 6.03. The van der Waals surface area contributed by atoms with Crippen LogP contribution in [0.4, 0.5) is 0 Å². The monoisotopic (exact) mass is 348 g/mol. The average Bonchev–Trinajstić information content (AvgIpc) is 2.74. The fourth-order valence-corrected chi connectivity index (χ4v) is 4.88. The Balaban J connectivity index is 1.42. The van der Waals surface area contributed by atoms with E-state index in [1.54, 1.807) is 0 Å². The van der Waals surface area contributed by atoms with Gasteiger partial charge in [0.25, 0.3) is 0 Å². The highest BCUT2D eigenvalue weighted by atomic mass is 15.2. The van der Waals surface area contributed by atoms with Crippen molar-refractivity contribution < 1.29 is 0 Å². The minimum Gasteiger partial charge on any atom is -0.295 e. The van der Waals surface area contributed by atoms with E-state index in [4.69, 9.17) is 0 Å². The quantitative estimate of drug-likeness (QED) is 0.710. The molecule has 2 heteroatoms. The van der Waals surface area contributed by atoms with Crippen LogP contribution in [0.1, 0.15) is 61.7 Å². The molecule has 0 aliphatic carbocycles. The third-order valence-electron chi connectivity index (χ3n) is 6.27. The number of hydrogen-bond donors (Lipinski definition) is 0. The second-order valence-electron chi connectivity index (χ2n) is 7.92. The molecule has 2 fully saturated rings. The fraction of sp³-hybridized carbons (Fsp3) is 0.500. The Morgan fingerprint density at radius 3 is 1.42 bits per heavy atom. The zero-order chi connectivity index (χ0) is 17.6. The molecule has 138 valence electrons. The number of piperidine rings is 2. The Bertz CT molecular complexity index is 595. The van der Waals surface area contributed by atoms with Crippen molar-refractivity contribution in [1.29, 1.82) is 0 Å². The van der Waals surface area contributed by atoms with Gasteiger partial charge in [-0.1, -0.05) is 73.5 Å². The molecule has 2 atom stereocenters. The molecule has 2 aliphatic rings. The predicted molar refractivity (Wildman–Crippen MR) is 109 cm³/mol. The Morgan fingerprint density at radius 1 is 0.577 bits per heavy atom. The second-order valence-corrected chi connectivity index (χ2v) is 7.92. The zero-order valence-electron chi connectivity index (χ0n) is 15.9. The summed E-state index contributed by atoms with van der Waals surface area (Å²) in [7, 11) is 0. The van der Waals surface area contributed by atoms with Crippen LogP contribution in [0.5, 0.6) is 0 Å². The second kappa shape index (κ2) is 8.83. The predicted octanol–water partition coefficient (Wildman–Crippen LogP) is 5.44. The van der Waals surface area contributed by atoms with Crippen LogP contribution >= 0.6 is 0 Å². The van der Waals surface area contributed by atoms with Crippen LogP contribution < -0.4 is 0 Å². The summed E-state index contributed by atoms with van der Waals surface area (Å²) in [5.41, 5.74) is 3.01. The van der Waals surface area contributed by atoms with Gasteiger partial charge < -0.3 is 0 Å². The van der Waals surface area contributed by atoms with E-state index in [0.29, 0.717) is 12.1 Å². The molecule has 0 spiro atoms. The topological polar surface area (TPSA) is 6.48 Å². The maximum atomic E-state index is 2.75. The van der Waals surface area contributed by atoms with Gasteiger partial charge >= 0.3 is 0 Å². The van der Waals surface area contributed by atoms with Gasteiger partial charge in [0, 0.05) is 25.2 Å². The number of likely N-dealkylation sites (tertiary alicyclic amines) is 2. The summed E-state index contributed by atoms with van der Waals surface area (Å²) in [5, 5.41) is 0. The summed E-state index contributed by atoms with van der Waals surface area (Å²) in [4.78, 5) is 5.49. The van der Waals surface area contributed by atoms with Crippen LogP contribution in [0.25, 0.3) is 0 Å². The molecule has 2 unspecified atom stereocenters. The van der Waals surface area contributed by atoms with E-state index in [2.05, 4.69) is 70.5 Å². The Morgan fingerprint density at radius 2 is 1.00 bits per heavy atom. The highest BCUT2D eigenvalue weighted by Gasteiger charge is 2.27. The van der Waals surface area contributed by atoms with Crippen molar-refractivity contribution in [2.75, 3.05) is 26.2 Å². The van der Waals surface area contributed by atoms with Crippen molar-refractivity contribution in [1.82, 2.24) is 9.80 Å².